The van der Waals surface area contributed by atoms with Crippen molar-refractivity contribution in [1.29, 1.82) is 0 Å². The molecule has 0 bridgehead atoms. The lowest BCUT2D eigenvalue weighted by Crippen LogP contribution is -2.14. The molecule has 20 heavy (non-hydrogen) atoms. The van der Waals surface area contributed by atoms with Crippen LogP contribution >= 0.6 is 0 Å². The Bertz CT molecular complexity index is 752. The molecule has 1 atom stereocenters. The number of nitrogens with zero attached hydrogens (tertiary/aromatic N) is 2. The van der Waals surface area contributed by atoms with Crippen molar-refractivity contribution in [2.45, 2.75) is 25.8 Å². The van der Waals surface area contributed by atoms with Crippen molar-refractivity contribution in [3.63, 3.8) is 0 Å². The second kappa shape index (κ2) is 4.45. The van der Waals surface area contributed by atoms with Gasteiger partial charge >= 0.3 is 0 Å². The Labute approximate surface area is 116 Å². The molecule has 5 heteroatoms. The molecule has 0 spiro atoms. The Hall–Kier alpha value is -2.14. The van der Waals surface area contributed by atoms with Crippen LogP contribution in [0.25, 0.3) is 22.2 Å². The lowest BCUT2D eigenvalue weighted by Gasteiger charge is -2.10. The fourth-order valence-corrected chi connectivity index (χ4v) is 2.99. The van der Waals surface area contributed by atoms with Gasteiger partial charge in [-0.1, -0.05) is 6.07 Å². The van der Waals surface area contributed by atoms with Crippen LogP contribution in [0.2, 0.25) is 0 Å². The lowest BCUT2D eigenvalue weighted by atomic mass is 9.98. The molecule has 1 aromatic carbocycles. The normalized spacial score (nSPS) is 18.9. The second-order valence-electron chi connectivity index (χ2n) is 5.29. The van der Waals surface area contributed by atoms with Crippen LogP contribution in [0, 0.1) is 6.92 Å². The van der Waals surface area contributed by atoms with Gasteiger partial charge < -0.3 is 9.73 Å². The second-order valence-corrected chi connectivity index (χ2v) is 5.29. The van der Waals surface area contributed by atoms with Gasteiger partial charge in [0.25, 0.3) is 0 Å². The molecule has 5 nitrogen and oxygen atoms in total. The fourth-order valence-electron chi connectivity index (χ4n) is 2.99. The van der Waals surface area contributed by atoms with Crippen LogP contribution in [0.3, 0.4) is 0 Å². The zero-order valence-electron chi connectivity index (χ0n) is 11.3. The first-order valence-corrected chi connectivity index (χ1v) is 6.95. The third kappa shape index (κ3) is 1.74. The average Bonchev–Trinajstić information content (AvgIpc) is 3.17. The van der Waals surface area contributed by atoms with Gasteiger partial charge in [-0.3, -0.25) is 5.10 Å². The highest BCUT2D eigenvalue weighted by Gasteiger charge is 2.24. The van der Waals surface area contributed by atoms with Crippen LogP contribution in [0.1, 0.15) is 30.3 Å². The molecule has 1 fully saturated rings. The fraction of sp³-hybridized carbons (Fsp3) is 0.333. The molecule has 102 valence electrons. The van der Waals surface area contributed by atoms with Crippen molar-refractivity contribution in [2.75, 3.05) is 6.54 Å². The number of oxazole rings is 1. The predicted octanol–water partition coefficient (Wildman–Crippen LogP) is 2.95. The van der Waals surface area contributed by atoms with Crippen molar-refractivity contribution in [1.82, 2.24) is 20.5 Å². The van der Waals surface area contributed by atoms with Crippen LogP contribution in [-0.4, -0.2) is 21.7 Å². The molecule has 1 aliphatic heterocycles. The Morgan fingerprint density at radius 1 is 1.35 bits per heavy atom. The van der Waals surface area contributed by atoms with Crippen LogP contribution < -0.4 is 5.32 Å². The number of aromatic nitrogens is 3. The minimum atomic E-state index is 0.348. The van der Waals surface area contributed by atoms with Crippen molar-refractivity contribution in [3.05, 3.63) is 36.0 Å². The summed E-state index contributed by atoms with van der Waals surface area (Å²) >= 11 is 0. The number of H-pyrrole nitrogens is 1. The van der Waals surface area contributed by atoms with Gasteiger partial charge in [0.15, 0.2) is 12.0 Å². The Balaban J connectivity index is 1.85. The van der Waals surface area contributed by atoms with Crippen molar-refractivity contribution in [2.24, 2.45) is 0 Å². The molecule has 1 aliphatic rings. The quantitative estimate of drug-likeness (QED) is 0.750. The van der Waals surface area contributed by atoms with Crippen molar-refractivity contribution < 1.29 is 4.42 Å². The van der Waals surface area contributed by atoms with Gasteiger partial charge in [-0.25, -0.2) is 4.98 Å². The first-order chi connectivity index (χ1) is 9.83. The monoisotopic (exact) mass is 268 g/mol. The number of nitrogens with one attached hydrogen (secondary N) is 2. The Kier molecular flexibility index (Phi) is 2.60. The molecule has 4 rings (SSSR count). The molecule has 3 aromatic rings. The topological polar surface area (TPSA) is 66.7 Å². The van der Waals surface area contributed by atoms with Gasteiger partial charge in [-0.15, -0.1) is 0 Å². The maximum Gasteiger partial charge on any atom is 0.181 e. The summed E-state index contributed by atoms with van der Waals surface area (Å²) in [6, 6.07) is 6.46. The van der Waals surface area contributed by atoms with Gasteiger partial charge in [-0.05, 0) is 44.0 Å². The molecule has 0 saturated carbocycles. The van der Waals surface area contributed by atoms with Crippen LogP contribution in [0.5, 0.6) is 0 Å². The maximum atomic E-state index is 5.40. The number of hydrogen-bond donors (Lipinski definition) is 2. The van der Waals surface area contributed by atoms with E-state index in [9.17, 15) is 0 Å². The zero-order valence-corrected chi connectivity index (χ0v) is 11.3. The summed E-state index contributed by atoms with van der Waals surface area (Å²) < 4.78 is 5.40. The molecule has 2 aromatic heterocycles. The highest BCUT2D eigenvalue weighted by Crippen LogP contribution is 2.34. The number of aromatic amines is 1. The summed E-state index contributed by atoms with van der Waals surface area (Å²) in [5.74, 6) is 0. The third-order valence-corrected chi connectivity index (χ3v) is 3.99. The van der Waals surface area contributed by atoms with Gasteiger partial charge in [0.2, 0.25) is 0 Å². The average molecular weight is 268 g/mol. The molecular weight excluding hydrogens is 252 g/mol. The molecule has 1 saturated heterocycles. The van der Waals surface area contributed by atoms with E-state index in [1.807, 2.05) is 12.1 Å². The molecule has 3 heterocycles. The summed E-state index contributed by atoms with van der Waals surface area (Å²) in [5.41, 5.74) is 6.21. The van der Waals surface area contributed by atoms with E-state index in [4.69, 9.17) is 4.42 Å². The minimum Gasteiger partial charge on any atom is -0.443 e. The molecular formula is C15H16N4O. The smallest absolute Gasteiger partial charge is 0.181 e. The molecule has 1 unspecified atom stereocenters. The van der Waals surface area contributed by atoms with Crippen molar-refractivity contribution in [3.8, 4) is 11.1 Å². The lowest BCUT2D eigenvalue weighted by molar-refractivity contribution is 0.602. The minimum absolute atomic E-state index is 0.348. The van der Waals surface area contributed by atoms with Gasteiger partial charge in [0.05, 0.1) is 11.7 Å². The van der Waals surface area contributed by atoms with E-state index in [-0.39, 0.29) is 0 Å². The molecule has 0 radical (unpaired) electrons. The van der Waals surface area contributed by atoms with Crippen LogP contribution in [0.4, 0.5) is 0 Å². The highest BCUT2D eigenvalue weighted by molar-refractivity contribution is 5.81. The predicted molar refractivity (Wildman–Crippen MR) is 76.3 cm³/mol. The largest absolute Gasteiger partial charge is 0.443 e. The third-order valence-electron chi connectivity index (χ3n) is 3.99. The standard InChI is InChI=1S/C15H16N4O/c1-9-14(15(19-18-9)12-3-2-6-16-12)10-4-5-11-13(7-10)20-8-17-11/h4-5,7-8,12,16H,2-3,6H2,1H3,(H,18,19). The number of fused-ring (bicyclic) bond motifs is 1. The first-order valence-electron chi connectivity index (χ1n) is 6.95. The van der Waals surface area contributed by atoms with E-state index in [0.29, 0.717) is 6.04 Å². The van der Waals surface area contributed by atoms with E-state index >= 15 is 0 Å². The summed E-state index contributed by atoms with van der Waals surface area (Å²) in [6.45, 7) is 3.13. The number of benzene rings is 1. The Morgan fingerprint density at radius 3 is 3.15 bits per heavy atom. The zero-order chi connectivity index (χ0) is 13.5. The van der Waals surface area contributed by atoms with Crippen LogP contribution in [0.15, 0.2) is 29.0 Å². The van der Waals surface area contributed by atoms with Gasteiger partial charge in [-0.2, -0.15) is 5.10 Å². The summed E-state index contributed by atoms with van der Waals surface area (Å²) in [5, 5.41) is 11.1. The van der Waals surface area contributed by atoms with E-state index in [1.165, 1.54) is 18.4 Å². The SMILES string of the molecule is Cc1[nH]nc(C2CCCN2)c1-c1ccc2ncoc2c1. The van der Waals surface area contributed by atoms with Crippen molar-refractivity contribution >= 4 is 11.1 Å². The van der Waals surface area contributed by atoms with Gasteiger partial charge in [0, 0.05) is 11.3 Å². The first kappa shape index (κ1) is 11.7. The highest BCUT2D eigenvalue weighted by atomic mass is 16.3. The molecule has 0 aliphatic carbocycles. The number of rotatable bonds is 2. The summed E-state index contributed by atoms with van der Waals surface area (Å²) in [6.07, 6.45) is 3.83. The Morgan fingerprint density at radius 2 is 2.30 bits per heavy atom. The maximum absolute atomic E-state index is 5.40. The van der Waals surface area contributed by atoms with E-state index in [0.717, 1.165) is 41.0 Å². The summed E-state index contributed by atoms with van der Waals surface area (Å²) in [4.78, 5) is 4.16. The molecule has 2 N–H and O–H groups in total. The number of aryl methyl sites for hydroxylation is 1. The van der Waals surface area contributed by atoms with E-state index in [1.54, 1.807) is 0 Å². The molecule has 0 amide bonds. The number of hydrogen-bond acceptors (Lipinski definition) is 4. The van der Waals surface area contributed by atoms with E-state index < -0.39 is 0 Å². The van der Waals surface area contributed by atoms with Crippen LogP contribution in [-0.2, 0) is 0 Å². The van der Waals surface area contributed by atoms with E-state index in [2.05, 4.69) is 33.5 Å². The van der Waals surface area contributed by atoms with Gasteiger partial charge in [0.1, 0.15) is 5.52 Å². The summed E-state index contributed by atoms with van der Waals surface area (Å²) in [7, 11) is 0.